The van der Waals surface area contributed by atoms with Gasteiger partial charge in [0.25, 0.3) is 0 Å². The number of carboxylic acids is 1. The minimum Gasteiger partial charge on any atom is -0.480 e. The van der Waals surface area contributed by atoms with Crippen molar-refractivity contribution in [1.29, 1.82) is 0 Å². The zero-order valence-electron chi connectivity index (χ0n) is 7.69. The Morgan fingerprint density at radius 3 is 3.17 bits per heavy atom. The summed E-state index contributed by atoms with van der Waals surface area (Å²) in [7, 11) is 1.67. The van der Waals surface area contributed by atoms with Crippen LogP contribution in [0, 0.1) is 0 Å². The Hall–Kier alpha value is -1.36. The zero-order chi connectivity index (χ0) is 10.0. The average molecular weight is 170 g/mol. The lowest BCUT2D eigenvalue weighted by molar-refractivity contribution is -0.138. The number of hydrogen-bond acceptors (Lipinski definition) is 3. The summed E-state index contributed by atoms with van der Waals surface area (Å²) in [6.45, 7) is 0. The van der Waals surface area contributed by atoms with Gasteiger partial charge >= 0.3 is 5.97 Å². The molecule has 5 nitrogen and oxygen atoms in total. The molecule has 0 bridgehead atoms. The summed E-state index contributed by atoms with van der Waals surface area (Å²) in [6.07, 6.45) is 1.76. The third-order valence-electron chi connectivity index (χ3n) is 1.42. The number of aromatic nitrogens is 2. The van der Waals surface area contributed by atoms with E-state index < -0.39 is 12.0 Å². The predicted octanol–water partition coefficient (Wildman–Crippen LogP) is -0.626. The minimum absolute atomic E-state index is 0.0923. The summed E-state index contributed by atoms with van der Waals surface area (Å²) >= 11 is 0. The fourth-order valence-corrected chi connectivity index (χ4v) is 0.812. The fourth-order valence-electron chi connectivity index (χ4n) is 0.812. The van der Waals surface area contributed by atoms with E-state index in [-0.39, 0.29) is 12.6 Å². The van der Waals surface area contributed by atoms with Crippen molar-refractivity contribution >= 4 is 5.97 Å². The monoisotopic (exact) mass is 170 g/mol. The summed E-state index contributed by atoms with van der Waals surface area (Å²) < 4.78 is 8.97. The normalized spacial score (nSPS) is 14.0. The SMILES string of the molecule is [2H]c1c(C[C@H](N)C(=O)O)ncn1C. The van der Waals surface area contributed by atoms with Gasteiger partial charge in [-0.1, -0.05) is 0 Å². The van der Waals surface area contributed by atoms with E-state index in [1.165, 1.54) is 10.9 Å². The van der Waals surface area contributed by atoms with Crippen molar-refractivity contribution in [2.24, 2.45) is 12.8 Å². The molecule has 1 aromatic rings. The van der Waals surface area contributed by atoms with E-state index in [2.05, 4.69) is 4.98 Å². The van der Waals surface area contributed by atoms with Crippen molar-refractivity contribution in [2.75, 3.05) is 0 Å². The third kappa shape index (κ3) is 2.06. The summed E-state index contributed by atoms with van der Waals surface area (Å²) in [5.74, 6) is -1.08. The Bertz CT molecular complexity index is 324. The molecule has 0 aromatic carbocycles. The molecule has 5 heteroatoms. The average Bonchev–Trinajstić information content (AvgIpc) is 2.36. The van der Waals surface area contributed by atoms with E-state index in [4.69, 9.17) is 12.2 Å². The molecule has 0 saturated carbocycles. The van der Waals surface area contributed by atoms with Crippen LogP contribution in [0.4, 0.5) is 0 Å². The molecule has 1 rings (SSSR count). The van der Waals surface area contributed by atoms with Gasteiger partial charge in [0, 0.05) is 19.6 Å². The second-order valence-electron chi connectivity index (χ2n) is 2.56. The first-order valence-electron chi connectivity index (χ1n) is 3.97. The van der Waals surface area contributed by atoms with Crippen LogP contribution in [0.5, 0.6) is 0 Å². The Morgan fingerprint density at radius 1 is 2.08 bits per heavy atom. The molecule has 0 aliphatic heterocycles. The molecule has 0 amide bonds. The van der Waals surface area contributed by atoms with E-state index in [1.807, 2.05) is 0 Å². The molecule has 0 spiro atoms. The number of rotatable bonds is 3. The number of carboxylic acid groups (broad SMARTS) is 1. The number of aryl methyl sites for hydroxylation is 1. The molecule has 0 unspecified atom stereocenters. The molecular formula is C7H11N3O2. The standard InChI is InChI=1S/C7H11N3O2/c1-10-3-5(9-4-10)2-6(8)7(11)12/h3-4,6H,2,8H2,1H3,(H,11,12)/t6-/m0/s1/i3D. The van der Waals surface area contributed by atoms with Crippen LogP contribution in [0.25, 0.3) is 0 Å². The smallest absolute Gasteiger partial charge is 0.320 e. The molecule has 0 saturated heterocycles. The summed E-state index contributed by atoms with van der Waals surface area (Å²) in [6, 6.07) is -0.987. The van der Waals surface area contributed by atoms with Gasteiger partial charge in [-0.3, -0.25) is 4.79 Å². The highest BCUT2D eigenvalue weighted by atomic mass is 16.4. The molecule has 1 atom stereocenters. The molecule has 0 aliphatic carbocycles. The van der Waals surface area contributed by atoms with Gasteiger partial charge < -0.3 is 15.4 Å². The van der Waals surface area contributed by atoms with Crippen LogP contribution in [-0.4, -0.2) is 26.7 Å². The Morgan fingerprint density at radius 2 is 2.75 bits per heavy atom. The van der Waals surface area contributed by atoms with E-state index in [0.717, 1.165) is 0 Å². The van der Waals surface area contributed by atoms with Crippen LogP contribution in [0.1, 0.15) is 7.06 Å². The molecular weight excluding hydrogens is 158 g/mol. The highest BCUT2D eigenvalue weighted by Crippen LogP contribution is 1.97. The fraction of sp³-hybridized carbons (Fsp3) is 0.429. The summed E-state index contributed by atoms with van der Waals surface area (Å²) in [5.41, 5.74) is 5.71. The molecule has 0 aliphatic rings. The number of nitrogens with two attached hydrogens (primary N) is 1. The Balaban J connectivity index is 2.74. The van der Waals surface area contributed by atoms with Gasteiger partial charge in [-0.2, -0.15) is 0 Å². The first-order valence-corrected chi connectivity index (χ1v) is 3.47. The second-order valence-corrected chi connectivity index (χ2v) is 2.56. The van der Waals surface area contributed by atoms with Gasteiger partial charge in [0.05, 0.1) is 13.4 Å². The van der Waals surface area contributed by atoms with Crippen LogP contribution in [-0.2, 0) is 18.3 Å². The van der Waals surface area contributed by atoms with Crippen molar-refractivity contribution in [2.45, 2.75) is 12.5 Å². The van der Waals surface area contributed by atoms with Crippen molar-refractivity contribution in [3.05, 3.63) is 18.2 Å². The van der Waals surface area contributed by atoms with Crippen LogP contribution >= 0.6 is 0 Å². The van der Waals surface area contributed by atoms with Crippen LogP contribution in [0.15, 0.2) is 12.5 Å². The Labute approximate surface area is 71.2 Å². The predicted molar refractivity (Wildman–Crippen MR) is 42.5 cm³/mol. The maximum Gasteiger partial charge on any atom is 0.320 e. The quantitative estimate of drug-likeness (QED) is 0.633. The first-order chi connectivity index (χ1) is 6.02. The topological polar surface area (TPSA) is 81.1 Å². The zero-order valence-corrected chi connectivity index (χ0v) is 6.69. The van der Waals surface area contributed by atoms with Crippen LogP contribution in [0.2, 0.25) is 0 Å². The van der Waals surface area contributed by atoms with Crippen molar-refractivity contribution in [3.8, 4) is 0 Å². The highest BCUT2D eigenvalue weighted by molar-refractivity contribution is 5.73. The van der Waals surface area contributed by atoms with Crippen LogP contribution < -0.4 is 5.73 Å². The first kappa shape index (κ1) is 7.30. The van der Waals surface area contributed by atoms with Crippen molar-refractivity contribution in [1.82, 2.24) is 9.55 Å². The number of carbonyl (C=O) groups is 1. The van der Waals surface area contributed by atoms with Gasteiger partial charge in [0.15, 0.2) is 0 Å². The number of aliphatic carboxylic acids is 1. The lowest BCUT2D eigenvalue weighted by atomic mass is 10.2. The van der Waals surface area contributed by atoms with Gasteiger partial charge in [0.1, 0.15) is 6.04 Å². The van der Waals surface area contributed by atoms with E-state index in [1.54, 1.807) is 7.05 Å². The molecule has 66 valence electrons. The van der Waals surface area contributed by atoms with E-state index in [0.29, 0.717) is 5.69 Å². The maximum atomic E-state index is 10.4. The van der Waals surface area contributed by atoms with E-state index >= 15 is 0 Å². The summed E-state index contributed by atoms with van der Waals surface area (Å²) in [4.78, 5) is 14.3. The van der Waals surface area contributed by atoms with Crippen LogP contribution in [0.3, 0.4) is 0 Å². The van der Waals surface area contributed by atoms with Crippen molar-refractivity contribution in [3.63, 3.8) is 0 Å². The van der Waals surface area contributed by atoms with Crippen molar-refractivity contribution < 1.29 is 11.3 Å². The number of nitrogens with zero attached hydrogens (tertiary/aromatic N) is 2. The Kier molecular flexibility index (Phi) is 2.04. The lowest BCUT2D eigenvalue weighted by Gasteiger charge is -2.01. The third-order valence-corrected chi connectivity index (χ3v) is 1.42. The van der Waals surface area contributed by atoms with E-state index in [9.17, 15) is 4.79 Å². The number of hydrogen-bond donors (Lipinski definition) is 2. The van der Waals surface area contributed by atoms with Gasteiger partial charge in [-0.25, -0.2) is 4.98 Å². The molecule has 0 radical (unpaired) electrons. The minimum atomic E-state index is -1.08. The molecule has 12 heavy (non-hydrogen) atoms. The van der Waals surface area contributed by atoms with Gasteiger partial charge in [-0.15, -0.1) is 0 Å². The van der Waals surface area contributed by atoms with Gasteiger partial charge in [0.2, 0.25) is 0 Å². The maximum absolute atomic E-state index is 10.4. The highest BCUT2D eigenvalue weighted by Gasteiger charge is 2.12. The molecule has 3 N–H and O–H groups in total. The number of imidazole rings is 1. The largest absolute Gasteiger partial charge is 0.480 e. The summed E-state index contributed by atoms with van der Waals surface area (Å²) in [5, 5.41) is 8.52. The second kappa shape index (κ2) is 3.36. The molecule has 0 fully saturated rings. The van der Waals surface area contributed by atoms with Gasteiger partial charge in [-0.05, 0) is 0 Å². The molecule has 1 aromatic heterocycles. The molecule has 1 heterocycles. The lowest BCUT2D eigenvalue weighted by Crippen LogP contribution is -2.32.